The minimum atomic E-state index is -0.416. The summed E-state index contributed by atoms with van der Waals surface area (Å²) in [6.45, 7) is 1.91. The van der Waals surface area contributed by atoms with E-state index in [1.54, 1.807) is 18.5 Å². The van der Waals surface area contributed by atoms with Crippen LogP contribution in [0.15, 0.2) is 30.7 Å². The van der Waals surface area contributed by atoms with E-state index < -0.39 is 5.97 Å². The van der Waals surface area contributed by atoms with Crippen LogP contribution in [0.4, 0.5) is 0 Å². The number of aryl methyl sites for hydroxylation is 1. The Morgan fingerprint density at radius 3 is 2.67 bits per heavy atom. The summed E-state index contributed by atoms with van der Waals surface area (Å²) in [5.74, 6) is 0.0610. The first-order valence-electron chi connectivity index (χ1n) is 5.43. The van der Waals surface area contributed by atoms with E-state index in [9.17, 15) is 4.79 Å². The maximum atomic E-state index is 11.5. The molecule has 0 N–H and O–H groups in total. The predicted molar refractivity (Wildman–Crippen MR) is 66.2 cm³/mol. The third-order valence-corrected chi connectivity index (χ3v) is 2.60. The van der Waals surface area contributed by atoms with E-state index >= 15 is 0 Å². The fourth-order valence-corrected chi connectivity index (χ4v) is 1.68. The summed E-state index contributed by atoms with van der Waals surface area (Å²) in [5, 5.41) is 0. The lowest BCUT2D eigenvalue weighted by molar-refractivity contribution is 0.0597. The zero-order valence-electron chi connectivity index (χ0n) is 10.5. The Bertz CT molecular complexity index is 575. The lowest BCUT2D eigenvalue weighted by Gasteiger charge is -2.09. The molecule has 0 aliphatic rings. The average molecular weight is 246 g/mol. The quantitative estimate of drug-likeness (QED) is 0.777. The number of benzene rings is 1. The molecule has 0 saturated heterocycles. The summed E-state index contributed by atoms with van der Waals surface area (Å²) in [7, 11) is 2.86. The predicted octanol–water partition coefficient (Wildman–Crippen LogP) is 1.98. The first-order valence-corrected chi connectivity index (χ1v) is 5.43. The Kier molecular flexibility index (Phi) is 3.32. The molecule has 0 fully saturated rings. The Labute approximate surface area is 105 Å². The van der Waals surface area contributed by atoms with E-state index in [0.717, 1.165) is 11.4 Å². The van der Waals surface area contributed by atoms with Crippen LogP contribution in [-0.2, 0) is 4.74 Å². The van der Waals surface area contributed by atoms with Crippen LogP contribution >= 0.6 is 0 Å². The minimum absolute atomic E-state index is 0.403. The molecular formula is C13H14N2O3. The molecule has 2 aromatic rings. The fourth-order valence-electron chi connectivity index (χ4n) is 1.68. The van der Waals surface area contributed by atoms with Crippen LogP contribution in [0.3, 0.4) is 0 Å². The van der Waals surface area contributed by atoms with E-state index in [0.29, 0.717) is 11.3 Å². The topological polar surface area (TPSA) is 53.4 Å². The van der Waals surface area contributed by atoms with Crippen molar-refractivity contribution >= 4 is 5.97 Å². The molecule has 0 aliphatic carbocycles. The number of hydrogen-bond acceptors (Lipinski definition) is 4. The Morgan fingerprint density at radius 2 is 2.11 bits per heavy atom. The van der Waals surface area contributed by atoms with Crippen molar-refractivity contribution in [3.63, 3.8) is 0 Å². The van der Waals surface area contributed by atoms with Crippen LogP contribution in [-0.4, -0.2) is 29.7 Å². The Morgan fingerprint density at radius 1 is 1.33 bits per heavy atom. The monoisotopic (exact) mass is 246 g/mol. The van der Waals surface area contributed by atoms with Crippen LogP contribution in [0.5, 0.6) is 5.75 Å². The number of nitrogens with zero attached hydrogens (tertiary/aromatic N) is 2. The number of esters is 1. The van der Waals surface area contributed by atoms with Gasteiger partial charge in [0, 0.05) is 12.3 Å². The number of rotatable bonds is 3. The SMILES string of the molecule is COC(=O)c1ccc(-n2cnc(C)c2)cc1OC. The summed E-state index contributed by atoms with van der Waals surface area (Å²) in [4.78, 5) is 15.7. The molecule has 18 heavy (non-hydrogen) atoms. The van der Waals surface area contributed by atoms with Crippen LogP contribution in [0.25, 0.3) is 5.69 Å². The molecule has 0 radical (unpaired) electrons. The number of carbonyl (C=O) groups excluding carboxylic acids is 1. The summed E-state index contributed by atoms with van der Waals surface area (Å²) < 4.78 is 11.8. The molecule has 94 valence electrons. The number of hydrogen-bond donors (Lipinski definition) is 0. The first-order chi connectivity index (χ1) is 8.65. The highest BCUT2D eigenvalue weighted by atomic mass is 16.5. The van der Waals surface area contributed by atoms with Gasteiger partial charge in [-0.25, -0.2) is 9.78 Å². The van der Waals surface area contributed by atoms with Gasteiger partial charge in [0.25, 0.3) is 0 Å². The van der Waals surface area contributed by atoms with Crippen molar-refractivity contribution in [2.24, 2.45) is 0 Å². The van der Waals surface area contributed by atoms with Gasteiger partial charge in [0.15, 0.2) is 0 Å². The normalized spacial score (nSPS) is 10.2. The molecule has 0 atom stereocenters. The van der Waals surface area contributed by atoms with Gasteiger partial charge in [-0.2, -0.15) is 0 Å². The van der Waals surface area contributed by atoms with Crippen molar-refractivity contribution in [2.75, 3.05) is 14.2 Å². The van der Waals surface area contributed by atoms with Crippen molar-refractivity contribution in [3.8, 4) is 11.4 Å². The molecule has 1 aromatic heterocycles. The van der Waals surface area contributed by atoms with Gasteiger partial charge in [-0.3, -0.25) is 0 Å². The van der Waals surface area contributed by atoms with Crippen molar-refractivity contribution in [1.29, 1.82) is 0 Å². The van der Waals surface area contributed by atoms with Crippen molar-refractivity contribution in [2.45, 2.75) is 6.92 Å². The molecule has 1 aromatic carbocycles. The second-order valence-corrected chi connectivity index (χ2v) is 3.80. The van der Waals surface area contributed by atoms with E-state index in [1.807, 2.05) is 23.8 Å². The highest BCUT2D eigenvalue weighted by Gasteiger charge is 2.13. The second-order valence-electron chi connectivity index (χ2n) is 3.80. The molecule has 0 bridgehead atoms. The van der Waals surface area contributed by atoms with Crippen molar-refractivity contribution in [3.05, 3.63) is 42.0 Å². The third kappa shape index (κ3) is 2.20. The molecule has 0 amide bonds. The molecule has 1 heterocycles. The van der Waals surface area contributed by atoms with Crippen molar-refractivity contribution in [1.82, 2.24) is 9.55 Å². The minimum Gasteiger partial charge on any atom is -0.496 e. The summed E-state index contributed by atoms with van der Waals surface area (Å²) in [6, 6.07) is 5.26. The largest absolute Gasteiger partial charge is 0.496 e. The van der Waals surface area contributed by atoms with Gasteiger partial charge in [-0.05, 0) is 19.1 Å². The van der Waals surface area contributed by atoms with Gasteiger partial charge < -0.3 is 14.0 Å². The van der Waals surface area contributed by atoms with Gasteiger partial charge in [-0.1, -0.05) is 0 Å². The highest BCUT2D eigenvalue weighted by Crippen LogP contribution is 2.23. The number of methoxy groups -OCH3 is 2. The van der Waals surface area contributed by atoms with Gasteiger partial charge in [0.05, 0.1) is 31.9 Å². The average Bonchev–Trinajstić information content (AvgIpc) is 2.83. The summed E-state index contributed by atoms with van der Waals surface area (Å²) in [5.41, 5.74) is 2.20. The number of carbonyl (C=O) groups is 1. The highest BCUT2D eigenvalue weighted by molar-refractivity contribution is 5.92. The summed E-state index contributed by atoms with van der Waals surface area (Å²) >= 11 is 0. The Hall–Kier alpha value is -2.30. The van der Waals surface area contributed by atoms with E-state index in [4.69, 9.17) is 9.47 Å². The fraction of sp³-hybridized carbons (Fsp3) is 0.231. The van der Waals surface area contributed by atoms with Gasteiger partial charge in [0.1, 0.15) is 11.3 Å². The molecular weight excluding hydrogens is 232 g/mol. The summed E-state index contributed by atoms with van der Waals surface area (Å²) in [6.07, 6.45) is 3.61. The molecule has 5 heteroatoms. The zero-order chi connectivity index (χ0) is 13.1. The van der Waals surface area contributed by atoms with Gasteiger partial charge in [0.2, 0.25) is 0 Å². The Balaban J connectivity index is 2.44. The van der Waals surface area contributed by atoms with Crippen molar-refractivity contribution < 1.29 is 14.3 Å². The number of ether oxygens (including phenoxy) is 2. The maximum Gasteiger partial charge on any atom is 0.341 e. The van der Waals surface area contributed by atoms with Crippen LogP contribution < -0.4 is 4.74 Å². The van der Waals surface area contributed by atoms with Gasteiger partial charge >= 0.3 is 5.97 Å². The maximum absolute atomic E-state index is 11.5. The standard InChI is InChI=1S/C13H14N2O3/c1-9-7-15(8-14-9)10-4-5-11(13(16)18-3)12(6-10)17-2/h4-8H,1-3H3. The van der Waals surface area contributed by atoms with E-state index in [-0.39, 0.29) is 0 Å². The number of aromatic nitrogens is 2. The lowest BCUT2D eigenvalue weighted by Crippen LogP contribution is -2.05. The molecule has 0 aliphatic heterocycles. The molecule has 2 rings (SSSR count). The smallest absolute Gasteiger partial charge is 0.341 e. The molecule has 5 nitrogen and oxygen atoms in total. The second kappa shape index (κ2) is 4.91. The van der Waals surface area contributed by atoms with E-state index in [1.165, 1.54) is 14.2 Å². The third-order valence-electron chi connectivity index (χ3n) is 2.60. The lowest BCUT2D eigenvalue weighted by atomic mass is 10.2. The van der Waals surface area contributed by atoms with Gasteiger partial charge in [-0.15, -0.1) is 0 Å². The molecule has 0 saturated carbocycles. The molecule has 0 unspecified atom stereocenters. The zero-order valence-corrected chi connectivity index (χ0v) is 10.5. The molecule has 0 spiro atoms. The van der Waals surface area contributed by atoms with Crippen LogP contribution in [0.1, 0.15) is 16.1 Å². The first kappa shape index (κ1) is 12.2. The number of imidazole rings is 1. The van der Waals surface area contributed by atoms with Crippen LogP contribution in [0.2, 0.25) is 0 Å². The van der Waals surface area contributed by atoms with Crippen LogP contribution in [0, 0.1) is 6.92 Å². The van der Waals surface area contributed by atoms with E-state index in [2.05, 4.69) is 4.98 Å².